The van der Waals surface area contributed by atoms with Crippen LogP contribution in [0.4, 0.5) is 5.69 Å². The first-order valence-electron chi connectivity index (χ1n) is 9.06. The van der Waals surface area contributed by atoms with Gasteiger partial charge in [0.2, 0.25) is 0 Å². The standard InChI is InChI=1S/C19H21N5O2S/c25-27(26,18-9-6-16(7-10-18)15-4-2-1-3-5-15)23-17-8-11-19(21-12-17)24-14-20-13-22-24/h6-15,23H,1-5H2. The SMILES string of the molecule is O=S(=O)(Nc1ccc(-n2cncn2)nc1)c1ccc(C2CCCCC2)cc1. The zero-order valence-electron chi connectivity index (χ0n) is 14.8. The number of sulfonamides is 1. The number of hydrogen-bond acceptors (Lipinski definition) is 5. The molecule has 0 radical (unpaired) electrons. The maximum Gasteiger partial charge on any atom is 0.261 e. The van der Waals surface area contributed by atoms with E-state index in [4.69, 9.17) is 0 Å². The molecule has 2 heterocycles. The van der Waals surface area contributed by atoms with E-state index in [9.17, 15) is 8.42 Å². The van der Waals surface area contributed by atoms with E-state index >= 15 is 0 Å². The Morgan fingerprint density at radius 2 is 1.78 bits per heavy atom. The summed E-state index contributed by atoms with van der Waals surface area (Å²) in [4.78, 5) is 8.32. The quantitative estimate of drug-likeness (QED) is 0.728. The zero-order valence-corrected chi connectivity index (χ0v) is 15.6. The summed E-state index contributed by atoms with van der Waals surface area (Å²) in [5.41, 5.74) is 1.63. The van der Waals surface area contributed by atoms with E-state index in [0.29, 0.717) is 17.4 Å². The van der Waals surface area contributed by atoms with Crippen molar-refractivity contribution in [2.75, 3.05) is 4.72 Å². The monoisotopic (exact) mass is 383 g/mol. The molecule has 0 amide bonds. The Morgan fingerprint density at radius 3 is 2.41 bits per heavy atom. The summed E-state index contributed by atoms with van der Waals surface area (Å²) < 4.78 is 29.3. The molecule has 2 aromatic heterocycles. The summed E-state index contributed by atoms with van der Waals surface area (Å²) in [5.74, 6) is 1.12. The predicted molar refractivity (Wildman–Crippen MR) is 102 cm³/mol. The van der Waals surface area contributed by atoms with Crippen LogP contribution in [0.15, 0.2) is 60.1 Å². The Bertz CT molecular complexity index is 978. The minimum absolute atomic E-state index is 0.252. The van der Waals surface area contributed by atoms with E-state index in [2.05, 4.69) is 19.8 Å². The molecule has 1 aromatic carbocycles. The van der Waals surface area contributed by atoms with Crippen LogP contribution in [-0.4, -0.2) is 28.2 Å². The minimum Gasteiger partial charge on any atom is -0.278 e. The average Bonchev–Trinajstić information content (AvgIpc) is 3.24. The van der Waals surface area contributed by atoms with Gasteiger partial charge in [0, 0.05) is 0 Å². The first-order chi connectivity index (χ1) is 13.1. The Morgan fingerprint density at radius 1 is 1.00 bits per heavy atom. The van der Waals surface area contributed by atoms with E-state index in [1.54, 1.807) is 24.3 Å². The highest BCUT2D eigenvalue weighted by Crippen LogP contribution is 2.33. The summed E-state index contributed by atoms with van der Waals surface area (Å²) in [6, 6.07) is 10.6. The van der Waals surface area contributed by atoms with Gasteiger partial charge in [0.25, 0.3) is 10.0 Å². The van der Waals surface area contributed by atoms with Crippen LogP contribution in [0, 0.1) is 0 Å². The van der Waals surface area contributed by atoms with Crippen molar-refractivity contribution in [2.24, 2.45) is 0 Å². The first-order valence-corrected chi connectivity index (χ1v) is 10.5. The maximum absolute atomic E-state index is 12.6. The van der Waals surface area contributed by atoms with Crippen LogP contribution in [0.25, 0.3) is 5.82 Å². The van der Waals surface area contributed by atoms with Gasteiger partial charge < -0.3 is 0 Å². The number of anilines is 1. The molecule has 1 aliphatic rings. The lowest BCUT2D eigenvalue weighted by atomic mass is 9.84. The molecule has 0 spiro atoms. The summed E-state index contributed by atoms with van der Waals surface area (Å²) in [5, 5.41) is 3.99. The van der Waals surface area contributed by atoms with E-state index in [-0.39, 0.29) is 4.90 Å². The van der Waals surface area contributed by atoms with Gasteiger partial charge in [0.05, 0.1) is 16.8 Å². The van der Waals surface area contributed by atoms with Crippen LogP contribution < -0.4 is 4.72 Å². The molecule has 0 unspecified atom stereocenters. The number of nitrogens with zero attached hydrogens (tertiary/aromatic N) is 4. The van der Waals surface area contributed by atoms with Crippen molar-refractivity contribution >= 4 is 15.7 Å². The topological polar surface area (TPSA) is 89.8 Å². The fourth-order valence-corrected chi connectivity index (χ4v) is 4.52. The van der Waals surface area contributed by atoms with Crippen molar-refractivity contribution in [3.05, 3.63) is 60.8 Å². The van der Waals surface area contributed by atoms with Crippen LogP contribution in [0.1, 0.15) is 43.6 Å². The molecule has 27 heavy (non-hydrogen) atoms. The summed E-state index contributed by atoms with van der Waals surface area (Å²) in [7, 11) is -3.65. The molecular weight excluding hydrogens is 362 g/mol. The lowest BCUT2D eigenvalue weighted by Gasteiger charge is -2.22. The molecular formula is C19H21N5O2S. The Labute approximate surface area is 158 Å². The fourth-order valence-electron chi connectivity index (χ4n) is 3.48. The number of hydrogen-bond donors (Lipinski definition) is 1. The molecule has 0 saturated heterocycles. The normalized spacial score (nSPS) is 15.6. The van der Waals surface area contributed by atoms with Crippen molar-refractivity contribution in [3.8, 4) is 5.82 Å². The Hall–Kier alpha value is -2.74. The molecule has 1 fully saturated rings. The number of benzene rings is 1. The summed E-state index contributed by atoms with van der Waals surface area (Å²) in [6.07, 6.45) is 10.6. The van der Waals surface area contributed by atoms with Crippen molar-refractivity contribution in [1.82, 2.24) is 19.7 Å². The van der Waals surface area contributed by atoms with Gasteiger partial charge in [0.15, 0.2) is 5.82 Å². The van der Waals surface area contributed by atoms with Gasteiger partial charge in [-0.05, 0) is 48.6 Å². The van der Waals surface area contributed by atoms with Gasteiger partial charge in [-0.25, -0.2) is 23.1 Å². The predicted octanol–water partition coefficient (Wildman–Crippen LogP) is 3.51. The second-order valence-electron chi connectivity index (χ2n) is 6.75. The number of pyridine rings is 1. The van der Waals surface area contributed by atoms with Crippen molar-refractivity contribution in [1.29, 1.82) is 0 Å². The highest BCUT2D eigenvalue weighted by atomic mass is 32.2. The van der Waals surface area contributed by atoms with Crippen molar-refractivity contribution < 1.29 is 8.42 Å². The molecule has 4 rings (SSSR count). The highest BCUT2D eigenvalue weighted by Gasteiger charge is 2.18. The third-order valence-corrected chi connectivity index (χ3v) is 6.32. The maximum atomic E-state index is 12.6. The van der Waals surface area contributed by atoms with E-state index < -0.39 is 10.0 Å². The highest BCUT2D eigenvalue weighted by molar-refractivity contribution is 7.92. The number of aromatic nitrogens is 4. The minimum atomic E-state index is -3.65. The molecule has 1 aliphatic carbocycles. The van der Waals surface area contributed by atoms with Gasteiger partial charge in [-0.15, -0.1) is 0 Å². The molecule has 8 heteroatoms. The molecule has 0 bridgehead atoms. The first kappa shape index (κ1) is 17.7. The molecule has 7 nitrogen and oxygen atoms in total. The van der Waals surface area contributed by atoms with Gasteiger partial charge >= 0.3 is 0 Å². The van der Waals surface area contributed by atoms with Crippen LogP contribution in [0.2, 0.25) is 0 Å². The molecule has 3 aromatic rings. The van der Waals surface area contributed by atoms with Gasteiger partial charge in [-0.3, -0.25) is 4.72 Å². The number of nitrogens with one attached hydrogen (secondary N) is 1. The van der Waals surface area contributed by atoms with Gasteiger partial charge in [-0.1, -0.05) is 31.4 Å². The van der Waals surface area contributed by atoms with E-state index in [0.717, 1.165) is 0 Å². The Kier molecular flexibility index (Phi) is 4.89. The average molecular weight is 383 g/mol. The van der Waals surface area contributed by atoms with Gasteiger partial charge in [-0.2, -0.15) is 5.10 Å². The summed E-state index contributed by atoms with van der Waals surface area (Å²) in [6.45, 7) is 0. The Balaban J connectivity index is 1.48. The second-order valence-corrected chi connectivity index (χ2v) is 8.44. The van der Waals surface area contributed by atoms with E-state index in [1.165, 1.54) is 61.2 Å². The van der Waals surface area contributed by atoms with Crippen LogP contribution in [0.3, 0.4) is 0 Å². The third kappa shape index (κ3) is 4.00. The molecule has 140 valence electrons. The molecule has 1 saturated carbocycles. The molecule has 0 atom stereocenters. The smallest absolute Gasteiger partial charge is 0.261 e. The van der Waals surface area contributed by atoms with E-state index in [1.807, 2.05) is 12.1 Å². The second kappa shape index (κ2) is 7.48. The third-order valence-electron chi connectivity index (χ3n) is 4.92. The zero-order chi connectivity index (χ0) is 18.7. The van der Waals surface area contributed by atoms with Gasteiger partial charge in [0.1, 0.15) is 12.7 Å². The fraction of sp³-hybridized carbons (Fsp3) is 0.316. The lowest BCUT2D eigenvalue weighted by Crippen LogP contribution is -2.13. The largest absolute Gasteiger partial charge is 0.278 e. The van der Waals surface area contributed by atoms with Crippen LogP contribution in [-0.2, 0) is 10.0 Å². The van der Waals surface area contributed by atoms with Crippen LogP contribution in [0.5, 0.6) is 0 Å². The van der Waals surface area contributed by atoms with Crippen molar-refractivity contribution in [2.45, 2.75) is 42.9 Å². The molecule has 1 N–H and O–H groups in total. The van der Waals surface area contributed by atoms with Crippen molar-refractivity contribution in [3.63, 3.8) is 0 Å². The van der Waals surface area contributed by atoms with Crippen LogP contribution >= 0.6 is 0 Å². The molecule has 0 aliphatic heterocycles. The number of rotatable bonds is 5. The lowest BCUT2D eigenvalue weighted by molar-refractivity contribution is 0.443. The summed E-state index contributed by atoms with van der Waals surface area (Å²) >= 11 is 0.